The van der Waals surface area contributed by atoms with Crippen molar-refractivity contribution in [3.8, 4) is 5.75 Å². The van der Waals surface area contributed by atoms with E-state index in [9.17, 15) is 9.59 Å². The van der Waals surface area contributed by atoms with E-state index in [1.807, 2.05) is 72.8 Å². The smallest absolute Gasteiger partial charge is 0.255 e. The van der Waals surface area contributed by atoms with E-state index in [4.69, 9.17) is 4.74 Å². The van der Waals surface area contributed by atoms with Crippen LogP contribution in [0.25, 0.3) is 0 Å². The summed E-state index contributed by atoms with van der Waals surface area (Å²) >= 11 is 1.58. The van der Waals surface area contributed by atoms with Crippen LogP contribution in [0.3, 0.4) is 0 Å². The van der Waals surface area contributed by atoms with E-state index in [2.05, 4.69) is 26.1 Å². The molecule has 2 amide bonds. The molecule has 0 aliphatic carbocycles. The second kappa shape index (κ2) is 9.32. The maximum absolute atomic E-state index is 12.7. The summed E-state index contributed by atoms with van der Waals surface area (Å²) in [5, 5.41) is 2.81. The molecular weight excluding hydrogens is 432 g/mol. The Morgan fingerprint density at radius 1 is 1.00 bits per heavy atom. The quantitative estimate of drug-likeness (QED) is 0.506. The van der Waals surface area contributed by atoms with Crippen LogP contribution in [0.15, 0.2) is 72.8 Å². The molecule has 0 saturated carbocycles. The molecule has 1 aliphatic heterocycles. The molecule has 5 nitrogen and oxygen atoms in total. The lowest BCUT2D eigenvalue weighted by molar-refractivity contribution is -0.115. The predicted octanol–water partition coefficient (Wildman–Crippen LogP) is 6.02. The summed E-state index contributed by atoms with van der Waals surface area (Å²) in [6, 6.07) is 22.9. The SMILES string of the molecule is COc1ccccc1N1C(=O)CS[C@H]1c1ccc(NC(=O)c2ccc(C(C)(C)C)cc2)cc1. The Balaban J connectivity index is 1.50. The Bertz CT molecular complexity index is 1150. The van der Waals surface area contributed by atoms with Crippen molar-refractivity contribution in [3.63, 3.8) is 0 Å². The Labute approximate surface area is 199 Å². The van der Waals surface area contributed by atoms with Crippen LogP contribution in [0.5, 0.6) is 5.75 Å². The topological polar surface area (TPSA) is 58.6 Å². The Morgan fingerprint density at radius 2 is 1.67 bits per heavy atom. The van der Waals surface area contributed by atoms with E-state index >= 15 is 0 Å². The van der Waals surface area contributed by atoms with Crippen LogP contribution in [0.1, 0.15) is 47.6 Å². The van der Waals surface area contributed by atoms with E-state index in [1.165, 1.54) is 5.56 Å². The number of nitrogens with one attached hydrogen (secondary N) is 1. The van der Waals surface area contributed by atoms with Gasteiger partial charge in [0.25, 0.3) is 5.91 Å². The van der Waals surface area contributed by atoms with Crippen molar-refractivity contribution in [1.29, 1.82) is 0 Å². The molecule has 1 heterocycles. The molecule has 0 aromatic heterocycles. The fraction of sp³-hybridized carbons (Fsp3) is 0.259. The van der Waals surface area contributed by atoms with E-state index in [0.29, 0.717) is 22.8 Å². The van der Waals surface area contributed by atoms with E-state index in [1.54, 1.807) is 23.8 Å². The molecule has 3 aromatic carbocycles. The maximum atomic E-state index is 12.7. The third kappa shape index (κ3) is 4.91. The van der Waals surface area contributed by atoms with E-state index in [0.717, 1.165) is 11.3 Å². The van der Waals surface area contributed by atoms with Crippen LogP contribution < -0.4 is 15.0 Å². The Hall–Kier alpha value is -3.25. The van der Waals surface area contributed by atoms with Gasteiger partial charge in [-0.3, -0.25) is 14.5 Å². The molecule has 1 aliphatic rings. The first kappa shape index (κ1) is 22.9. The third-order valence-electron chi connectivity index (χ3n) is 5.68. The number of hydrogen-bond donors (Lipinski definition) is 1. The number of methoxy groups -OCH3 is 1. The van der Waals surface area contributed by atoms with Gasteiger partial charge in [0.1, 0.15) is 11.1 Å². The summed E-state index contributed by atoms with van der Waals surface area (Å²) in [6.45, 7) is 6.44. The number of ether oxygens (including phenoxy) is 1. The van der Waals surface area contributed by atoms with Crippen LogP contribution in [0, 0.1) is 0 Å². The highest BCUT2D eigenvalue weighted by Gasteiger charge is 2.35. The lowest BCUT2D eigenvalue weighted by atomic mass is 9.87. The number of rotatable bonds is 5. The molecule has 3 aromatic rings. The minimum Gasteiger partial charge on any atom is -0.495 e. The van der Waals surface area contributed by atoms with Gasteiger partial charge in [0, 0.05) is 11.3 Å². The molecule has 0 bridgehead atoms. The number of para-hydroxylation sites is 2. The van der Waals surface area contributed by atoms with Crippen molar-refractivity contribution in [2.45, 2.75) is 31.6 Å². The predicted molar refractivity (Wildman–Crippen MR) is 135 cm³/mol. The monoisotopic (exact) mass is 460 g/mol. The number of benzene rings is 3. The van der Waals surface area contributed by atoms with Gasteiger partial charge in [0.15, 0.2) is 0 Å². The zero-order valence-electron chi connectivity index (χ0n) is 19.3. The molecule has 0 unspecified atom stereocenters. The molecule has 1 fully saturated rings. The standard InChI is InChI=1S/C27H28N2O3S/c1-27(2,3)20-13-9-18(10-14-20)25(31)28-21-15-11-19(12-16-21)26-29(24(30)17-33-26)22-7-5-6-8-23(22)32-4/h5-16,26H,17H2,1-4H3,(H,28,31)/t26-/m0/s1. The molecule has 33 heavy (non-hydrogen) atoms. The van der Waals surface area contributed by atoms with Gasteiger partial charge in [0.05, 0.1) is 18.6 Å². The van der Waals surface area contributed by atoms with Gasteiger partial charge in [-0.15, -0.1) is 11.8 Å². The Kier molecular flexibility index (Phi) is 6.47. The number of carbonyl (C=O) groups is 2. The third-order valence-corrected chi connectivity index (χ3v) is 6.89. The molecular formula is C27H28N2O3S. The fourth-order valence-corrected chi connectivity index (χ4v) is 4.99. The van der Waals surface area contributed by atoms with Crippen LogP contribution in [-0.4, -0.2) is 24.7 Å². The molecule has 0 radical (unpaired) electrons. The fourth-order valence-electron chi connectivity index (χ4n) is 3.82. The molecule has 6 heteroatoms. The highest BCUT2D eigenvalue weighted by atomic mass is 32.2. The normalized spacial score (nSPS) is 16.1. The summed E-state index contributed by atoms with van der Waals surface area (Å²) < 4.78 is 5.47. The van der Waals surface area contributed by atoms with Gasteiger partial charge in [-0.2, -0.15) is 0 Å². The lowest BCUT2D eigenvalue weighted by Gasteiger charge is -2.26. The van der Waals surface area contributed by atoms with Crippen molar-refractivity contribution in [1.82, 2.24) is 0 Å². The summed E-state index contributed by atoms with van der Waals surface area (Å²) in [7, 11) is 1.61. The van der Waals surface area contributed by atoms with Gasteiger partial charge >= 0.3 is 0 Å². The summed E-state index contributed by atoms with van der Waals surface area (Å²) in [5.74, 6) is 0.973. The summed E-state index contributed by atoms with van der Waals surface area (Å²) in [6.07, 6.45) is 0. The number of nitrogens with zero attached hydrogens (tertiary/aromatic N) is 1. The molecule has 1 saturated heterocycles. The van der Waals surface area contributed by atoms with Crippen molar-refractivity contribution >= 4 is 35.0 Å². The minimum atomic E-state index is -0.150. The van der Waals surface area contributed by atoms with Gasteiger partial charge in [-0.1, -0.05) is 57.2 Å². The highest BCUT2D eigenvalue weighted by molar-refractivity contribution is 8.00. The molecule has 4 rings (SSSR count). The van der Waals surface area contributed by atoms with Crippen molar-refractivity contribution in [2.75, 3.05) is 23.1 Å². The average molecular weight is 461 g/mol. The highest BCUT2D eigenvalue weighted by Crippen LogP contribution is 2.44. The average Bonchev–Trinajstić information content (AvgIpc) is 3.20. The number of hydrogen-bond acceptors (Lipinski definition) is 4. The molecule has 1 atom stereocenters. The van der Waals surface area contributed by atoms with Gasteiger partial charge in [-0.05, 0) is 52.9 Å². The van der Waals surface area contributed by atoms with Crippen LogP contribution >= 0.6 is 11.8 Å². The van der Waals surface area contributed by atoms with Gasteiger partial charge in [-0.25, -0.2) is 0 Å². The van der Waals surface area contributed by atoms with Gasteiger partial charge in [0.2, 0.25) is 5.91 Å². The number of carbonyl (C=O) groups excluding carboxylic acids is 2. The zero-order valence-corrected chi connectivity index (χ0v) is 20.1. The first-order chi connectivity index (χ1) is 15.8. The van der Waals surface area contributed by atoms with Gasteiger partial charge < -0.3 is 10.1 Å². The van der Waals surface area contributed by atoms with Crippen molar-refractivity contribution in [2.24, 2.45) is 0 Å². The van der Waals surface area contributed by atoms with Crippen LogP contribution in [-0.2, 0) is 10.2 Å². The Morgan fingerprint density at radius 3 is 2.30 bits per heavy atom. The molecule has 1 N–H and O–H groups in total. The van der Waals surface area contributed by atoms with E-state index < -0.39 is 0 Å². The first-order valence-corrected chi connectivity index (χ1v) is 11.9. The van der Waals surface area contributed by atoms with E-state index in [-0.39, 0.29) is 22.6 Å². The van der Waals surface area contributed by atoms with Crippen LogP contribution in [0.4, 0.5) is 11.4 Å². The number of anilines is 2. The molecule has 0 spiro atoms. The minimum absolute atomic E-state index is 0.0438. The van der Waals surface area contributed by atoms with Crippen molar-refractivity contribution in [3.05, 3.63) is 89.5 Å². The summed E-state index contributed by atoms with van der Waals surface area (Å²) in [4.78, 5) is 27.1. The number of thioether (sulfide) groups is 1. The largest absolute Gasteiger partial charge is 0.495 e. The second-order valence-corrected chi connectivity index (χ2v) is 10.1. The van der Waals surface area contributed by atoms with Crippen LogP contribution in [0.2, 0.25) is 0 Å². The maximum Gasteiger partial charge on any atom is 0.255 e. The summed E-state index contributed by atoms with van der Waals surface area (Å²) in [5.41, 5.74) is 4.31. The zero-order chi connectivity index (χ0) is 23.6. The van der Waals surface area contributed by atoms with Crippen molar-refractivity contribution < 1.29 is 14.3 Å². The first-order valence-electron chi connectivity index (χ1n) is 10.9. The second-order valence-electron chi connectivity index (χ2n) is 9.00. The molecule has 170 valence electrons. The lowest BCUT2D eigenvalue weighted by Crippen LogP contribution is -2.28. The number of amides is 2.